The number of β-amino-alcohol motifs (C(OH)–C–C–N with tert-alkyl or cyclic N) is 1. The summed E-state index contributed by atoms with van der Waals surface area (Å²) in [6.07, 6.45) is 6.08. The van der Waals surface area contributed by atoms with Gasteiger partial charge in [-0.15, -0.1) is 0 Å². The summed E-state index contributed by atoms with van der Waals surface area (Å²) in [4.78, 5) is 2.50. The molecular formula is C17H27NO. The van der Waals surface area contributed by atoms with Gasteiger partial charge in [0.05, 0.1) is 6.10 Å². The summed E-state index contributed by atoms with van der Waals surface area (Å²) in [6.45, 7) is 6.27. The first-order valence-electron chi connectivity index (χ1n) is 7.70. The number of nitrogens with zero attached hydrogens (tertiary/aromatic N) is 1. The van der Waals surface area contributed by atoms with E-state index in [-0.39, 0.29) is 6.10 Å². The van der Waals surface area contributed by atoms with E-state index in [1.807, 2.05) is 12.1 Å². The fourth-order valence-corrected chi connectivity index (χ4v) is 3.24. The van der Waals surface area contributed by atoms with Crippen LogP contribution in [0.5, 0.6) is 0 Å². The Morgan fingerprint density at radius 1 is 1.32 bits per heavy atom. The molecule has 0 radical (unpaired) electrons. The summed E-state index contributed by atoms with van der Waals surface area (Å²) >= 11 is 0. The van der Waals surface area contributed by atoms with Gasteiger partial charge in [0.25, 0.3) is 0 Å². The second kappa shape index (κ2) is 7.06. The molecule has 1 aromatic rings. The molecule has 1 aliphatic rings. The van der Waals surface area contributed by atoms with Crippen molar-refractivity contribution in [1.82, 2.24) is 4.90 Å². The van der Waals surface area contributed by atoms with Gasteiger partial charge < -0.3 is 5.11 Å². The van der Waals surface area contributed by atoms with E-state index in [9.17, 15) is 5.11 Å². The molecule has 0 amide bonds. The Balaban J connectivity index is 2.00. The van der Waals surface area contributed by atoms with Crippen LogP contribution in [-0.2, 0) is 0 Å². The van der Waals surface area contributed by atoms with Gasteiger partial charge in [0, 0.05) is 12.6 Å². The third kappa shape index (κ3) is 3.80. The molecule has 2 nitrogen and oxygen atoms in total. The summed E-state index contributed by atoms with van der Waals surface area (Å²) < 4.78 is 0. The van der Waals surface area contributed by atoms with Crippen molar-refractivity contribution < 1.29 is 5.11 Å². The maximum absolute atomic E-state index is 10.5. The first-order chi connectivity index (χ1) is 9.22. The Morgan fingerprint density at radius 3 is 2.84 bits per heavy atom. The van der Waals surface area contributed by atoms with Gasteiger partial charge in [0.15, 0.2) is 0 Å². The Kier molecular flexibility index (Phi) is 5.41. The topological polar surface area (TPSA) is 23.5 Å². The summed E-state index contributed by atoms with van der Waals surface area (Å²) in [6, 6.07) is 8.87. The zero-order valence-corrected chi connectivity index (χ0v) is 12.3. The van der Waals surface area contributed by atoms with Crippen molar-refractivity contribution >= 4 is 0 Å². The molecule has 0 saturated carbocycles. The average molecular weight is 261 g/mol. The summed E-state index contributed by atoms with van der Waals surface area (Å²) in [7, 11) is 0. The molecule has 1 heterocycles. The van der Waals surface area contributed by atoms with Gasteiger partial charge in [-0.1, -0.05) is 44.0 Å². The van der Waals surface area contributed by atoms with E-state index >= 15 is 0 Å². The summed E-state index contributed by atoms with van der Waals surface area (Å²) in [5, 5.41) is 10.5. The van der Waals surface area contributed by atoms with Crippen LogP contribution in [0.4, 0.5) is 0 Å². The van der Waals surface area contributed by atoms with Gasteiger partial charge in [0.2, 0.25) is 0 Å². The van der Waals surface area contributed by atoms with Gasteiger partial charge in [-0.2, -0.15) is 0 Å². The van der Waals surface area contributed by atoms with Crippen molar-refractivity contribution in [3.63, 3.8) is 0 Å². The van der Waals surface area contributed by atoms with Crippen molar-refractivity contribution in [2.45, 2.75) is 58.1 Å². The van der Waals surface area contributed by atoms with Crippen LogP contribution in [0.25, 0.3) is 0 Å². The smallest absolute Gasteiger partial charge is 0.0919 e. The molecule has 0 aliphatic carbocycles. The monoisotopic (exact) mass is 261 g/mol. The highest BCUT2D eigenvalue weighted by molar-refractivity contribution is 5.27. The predicted molar refractivity (Wildman–Crippen MR) is 80.3 cm³/mol. The Hall–Kier alpha value is -0.860. The number of likely N-dealkylation sites (tertiary alicyclic amines) is 1. The van der Waals surface area contributed by atoms with Crippen LogP contribution in [0.2, 0.25) is 0 Å². The molecule has 1 aromatic carbocycles. The molecule has 2 unspecified atom stereocenters. The fourth-order valence-electron chi connectivity index (χ4n) is 3.24. The van der Waals surface area contributed by atoms with E-state index in [0.29, 0.717) is 6.04 Å². The van der Waals surface area contributed by atoms with Crippen molar-refractivity contribution in [3.8, 4) is 0 Å². The predicted octanol–water partition coefficient (Wildman–Crippen LogP) is 3.68. The molecular weight excluding hydrogens is 234 g/mol. The standard InChI is InChI=1S/C17H27NO/c1-3-8-15-10-6-7-12-18(15)13-17(19)16-11-5-4-9-14(16)2/h4-5,9,11,15,17,19H,3,6-8,10,12-13H2,1-2H3. The highest BCUT2D eigenvalue weighted by Crippen LogP contribution is 2.25. The van der Waals surface area contributed by atoms with Crippen LogP contribution >= 0.6 is 0 Å². The van der Waals surface area contributed by atoms with Crippen molar-refractivity contribution in [1.29, 1.82) is 0 Å². The minimum Gasteiger partial charge on any atom is -0.387 e. The van der Waals surface area contributed by atoms with Gasteiger partial charge in [-0.25, -0.2) is 0 Å². The second-order valence-corrected chi connectivity index (χ2v) is 5.81. The highest BCUT2D eigenvalue weighted by atomic mass is 16.3. The van der Waals surface area contributed by atoms with Crippen LogP contribution in [0.3, 0.4) is 0 Å². The Bertz CT molecular complexity index is 389. The highest BCUT2D eigenvalue weighted by Gasteiger charge is 2.24. The van der Waals surface area contributed by atoms with Crippen LogP contribution in [0, 0.1) is 6.92 Å². The number of aryl methyl sites for hydroxylation is 1. The lowest BCUT2D eigenvalue weighted by molar-refractivity contribution is 0.0632. The molecule has 1 fully saturated rings. The maximum Gasteiger partial charge on any atom is 0.0919 e. The lowest BCUT2D eigenvalue weighted by Gasteiger charge is -2.37. The van der Waals surface area contributed by atoms with E-state index in [1.54, 1.807) is 0 Å². The van der Waals surface area contributed by atoms with Crippen LogP contribution in [0.15, 0.2) is 24.3 Å². The number of aliphatic hydroxyl groups is 1. The summed E-state index contributed by atoms with van der Waals surface area (Å²) in [5.41, 5.74) is 2.28. The second-order valence-electron chi connectivity index (χ2n) is 5.81. The van der Waals surface area contributed by atoms with E-state index in [2.05, 4.69) is 30.9 Å². The Morgan fingerprint density at radius 2 is 2.11 bits per heavy atom. The molecule has 2 heteroatoms. The zero-order valence-electron chi connectivity index (χ0n) is 12.3. The minimum atomic E-state index is -0.348. The number of hydrogen-bond acceptors (Lipinski definition) is 2. The largest absolute Gasteiger partial charge is 0.387 e. The minimum absolute atomic E-state index is 0.348. The molecule has 0 spiro atoms. The lowest BCUT2D eigenvalue weighted by Crippen LogP contribution is -2.41. The molecule has 106 valence electrons. The summed E-state index contributed by atoms with van der Waals surface area (Å²) in [5.74, 6) is 0. The van der Waals surface area contributed by atoms with Gasteiger partial charge in [-0.05, 0) is 43.9 Å². The third-order valence-corrected chi connectivity index (χ3v) is 4.33. The first kappa shape index (κ1) is 14.5. The maximum atomic E-state index is 10.5. The van der Waals surface area contributed by atoms with Gasteiger partial charge in [0.1, 0.15) is 0 Å². The molecule has 1 N–H and O–H groups in total. The average Bonchev–Trinajstić information content (AvgIpc) is 2.41. The number of aliphatic hydroxyl groups excluding tert-OH is 1. The van der Waals surface area contributed by atoms with Gasteiger partial charge in [-0.3, -0.25) is 4.90 Å². The molecule has 0 bridgehead atoms. The van der Waals surface area contributed by atoms with Crippen LogP contribution in [0.1, 0.15) is 56.3 Å². The van der Waals surface area contributed by atoms with E-state index in [0.717, 1.165) is 18.7 Å². The number of hydrogen-bond donors (Lipinski definition) is 1. The van der Waals surface area contributed by atoms with Crippen LogP contribution in [-0.4, -0.2) is 29.1 Å². The number of rotatable bonds is 5. The first-order valence-corrected chi connectivity index (χ1v) is 7.70. The molecule has 1 aliphatic heterocycles. The van der Waals surface area contributed by atoms with E-state index in [1.165, 1.54) is 37.7 Å². The normalized spacial score (nSPS) is 22.4. The van der Waals surface area contributed by atoms with Crippen LogP contribution < -0.4 is 0 Å². The van der Waals surface area contributed by atoms with Gasteiger partial charge >= 0.3 is 0 Å². The lowest BCUT2D eigenvalue weighted by atomic mass is 9.96. The number of benzene rings is 1. The SMILES string of the molecule is CCCC1CCCCN1CC(O)c1ccccc1C. The Labute approximate surface area is 117 Å². The molecule has 2 rings (SSSR count). The fraction of sp³-hybridized carbons (Fsp3) is 0.647. The van der Waals surface area contributed by atoms with E-state index < -0.39 is 0 Å². The van der Waals surface area contributed by atoms with E-state index in [4.69, 9.17) is 0 Å². The molecule has 0 aromatic heterocycles. The van der Waals surface area contributed by atoms with Crippen molar-refractivity contribution in [2.24, 2.45) is 0 Å². The molecule has 19 heavy (non-hydrogen) atoms. The quantitative estimate of drug-likeness (QED) is 0.874. The number of piperidine rings is 1. The molecule has 1 saturated heterocycles. The third-order valence-electron chi connectivity index (χ3n) is 4.33. The van der Waals surface area contributed by atoms with Crippen molar-refractivity contribution in [3.05, 3.63) is 35.4 Å². The molecule has 2 atom stereocenters. The zero-order chi connectivity index (χ0) is 13.7. The van der Waals surface area contributed by atoms with Crippen molar-refractivity contribution in [2.75, 3.05) is 13.1 Å².